The minimum Gasteiger partial charge on any atom is -0.493 e. The van der Waals surface area contributed by atoms with Crippen molar-refractivity contribution in [1.82, 2.24) is 10.3 Å². The van der Waals surface area contributed by atoms with Gasteiger partial charge in [0.15, 0.2) is 17.5 Å². The third-order valence-electron chi connectivity index (χ3n) is 4.85. The molecule has 3 rings (SSSR count). The van der Waals surface area contributed by atoms with Gasteiger partial charge in [0.1, 0.15) is 0 Å². The van der Waals surface area contributed by atoms with Gasteiger partial charge in [-0.2, -0.15) is 0 Å². The zero-order valence-corrected chi connectivity index (χ0v) is 16.7. The molecule has 0 atom stereocenters. The lowest BCUT2D eigenvalue weighted by atomic mass is 10.1. The second kappa shape index (κ2) is 9.17. The number of para-hydroxylation sites is 1. The molecule has 0 radical (unpaired) electrons. The van der Waals surface area contributed by atoms with Crippen LogP contribution >= 0.6 is 0 Å². The molecule has 2 aromatic carbocycles. The Labute approximate surface area is 165 Å². The molecule has 28 heavy (non-hydrogen) atoms. The number of nitrogens with zero attached hydrogens (tertiary/aromatic N) is 1. The SMILES string of the molecule is CCc1cccc2c(CCNC(N)=NCc3ccc(OC)c(OC)c3)c[nH]c12. The van der Waals surface area contributed by atoms with Crippen LogP contribution in [0.3, 0.4) is 0 Å². The number of fused-ring (bicyclic) bond motifs is 1. The Kier molecular flexibility index (Phi) is 6.42. The van der Waals surface area contributed by atoms with Crippen molar-refractivity contribution in [2.24, 2.45) is 10.7 Å². The first-order valence-electron chi connectivity index (χ1n) is 9.48. The van der Waals surface area contributed by atoms with Crippen molar-refractivity contribution >= 4 is 16.9 Å². The van der Waals surface area contributed by atoms with Crippen LogP contribution in [0, 0.1) is 0 Å². The van der Waals surface area contributed by atoms with Gasteiger partial charge < -0.3 is 25.5 Å². The van der Waals surface area contributed by atoms with Crippen LogP contribution < -0.4 is 20.5 Å². The number of rotatable bonds is 8. The molecule has 0 aliphatic heterocycles. The second-order valence-corrected chi connectivity index (χ2v) is 6.57. The molecular weight excluding hydrogens is 352 g/mol. The molecule has 0 unspecified atom stereocenters. The molecule has 3 aromatic rings. The lowest BCUT2D eigenvalue weighted by molar-refractivity contribution is 0.354. The summed E-state index contributed by atoms with van der Waals surface area (Å²) in [6.07, 6.45) is 3.98. The van der Waals surface area contributed by atoms with Crippen molar-refractivity contribution in [3.8, 4) is 11.5 Å². The van der Waals surface area contributed by atoms with Crippen LogP contribution in [0.25, 0.3) is 10.9 Å². The Bertz CT molecular complexity index is 962. The van der Waals surface area contributed by atoms with Crippen molar-refractivity contribution in [3.63, 3.8) is 0 Å². The van der Waals surface area contributed by atoms with Crippen LogP contribution in [0.4, 0.5) is 0 Å². The first-order valence-corrected chi connectivity index (χ1v) is 9.48. The van der Waals surface area contributed by atoms with Crippen molar-refractivity contribution in [1.29, 1.82) is 0 Å². The van der Waals surface area contributed by atoms with Crippen molar-refractivity contribution in [2.75, 3.05) is 20.8 Å². The number of hydrogen-bond acceptors (Lipinski definition) is 3. The van der Waals surface area contributed by atoms with E-state index in [9.17, 15) is 0 Å². The summed E-state index contributed by atoms with van der Waals surface area (Å²) in [6.45, 7) is 3.38. The van der Waals surface area contributed by atoms with Gasteiger partial charge in [-0.15, -0.1) is 0 Å². The normalized spacial score (nSPS) is 11.6. The fourth-order valence-electron chi connectivity index (χ4n) is 3.31. The summed E-state index contributed by atoms with van der Waals surface area (Å²) >= 11 is 0. The monoisotopic (exact) mass is 380 g/mol. The van der Waals surface area contributed by atoms with E-state index in [0.29, 0.717) is 24.0 Å². The van der Waals surface area contributed by atoms with Crippen molar-refractivity contribution in [3.05, 3.63) is 59.3 Å². The Balaban J connectivity index is 1.56. The third-order valence-corrected chi connectivity index (χ3v) is 4.85. The summed E-state index contributed by atoms with van der Waals surface area (Å²) in [5, 5.41) is 4.47. The highest BCUT2D eigenvalue weighted by Crippen LogP contribution is 2.27. The molecule has 0 fully saturated rings. The zero-order chi connectivity index (χ0) is 19.9. The number of hydrogen-bond donors (Lipinski definition) is 3. The Morgan fingerprint density at radius 1 is 1.11 bits per heavy atom. The highest BCUT2D eigenvalue weighted by molar-refractivity contribution is 5.86. The van der Waals surface area contributed by atoms with E-state index in [1.54, 1.807) is 14.2 Å². The van der Waals surface area contributed by atoms with E-state index in [-0.39, 0.29) is 0 Å². The number of benzene rings is 2. The van der Waals surface area contributed by atoms with E-state index in [1.807, 2.05) is 18.2 Å². The van der Waals surface area contributed by atoms with Gasteiger partial charge >= 0.3 is 0 Å². The Morgan fingerprint density at radius 3 is 2.68 bits per heavy atom. The minimum atomic E-state index is 0.434. The molecule has 0 saturated heterocycles. The number of methoxy groups -OCH3 is 2. The van der Waals surface area contributed by atoms with Gasteiger partial charge in [0.05, 0.1) is 20.8 Å². The van der Waals surface area contributed by atoms with Gasteiger partial charge in [-0.1, -0.05) is 31.2 Å². The Morgan fingerprint density at radius 2 is 1.93 bits per heavy atom. The van der Waals surface area contributed by atoms with Gasteiger partial charge in [-0.05, 0) is 41.7 Å². The molecule has 1 aromatic heterocycles. The zero-order valence-electron chi connectivity index (χ0n) is 16.7. The third kappa shape index (κ3) is 4.39. The molecule has 0 aliphatic rings. The number of aryl methyl sites for hydroxylation is 1. The molecule has 0 saturated carbocycles. The number of nitrogens with one attached hydrogen (secondary N) is 2. The second-order valence-electron chi connectivity index (χ2n) is 6.57. The highest BCUT2D eigenvalue weighted by Gasteiger charge is 2.07. The molecule has 4 N–H and O–H groups in total. The summed E-state index contributed by atoms with van der Waals surface area (Å²) in [6, 6.07) is 12.2. The van der Waals surface area contributed by atoms with E-state index >= 15 is 0 Å². The summed E-state index contributed by atoms with van der Waals surface area (Å²) in [5.74, 6) is 1.82. The summed E-state index contributed by atoms with van der Waals surface area (Å²) in [5.41, 5.74) is 10.9. The number of aromatic nitrogens is 1. The quantitative estimate of drug-likeness (QED) is 0.413. The van der Waals surface area contributed by atoms with E-state index in [0.717, 1.165) is 24.9 Å². The number of nitrogens with two attached hydrogens (primary N) is 1. The lowest BCUT2D eigenvalue weighted by Crippen LogP contribution is -2.33. The van der Waals surface area contributed by atoms with E-state index in [4.69, 9.17) is 15.2 Å². The van der Waals surface area contributed by atoms with Gasteiger partial charge in [0.25, 0.3) is 0 Å². The minimum absolute atomic E-state index is 0.434. The highest BCUT2D eigenvalue weighted by atomic mass is 16.5. The lowest BCUT2D eigenvalue weighted by Gasteiger charge is -2.09. The van der Waals surface area contributed by atoms with Crippen molar-refractivity contribution in [2.45, 2.75) is 26.3 Å². The first-order chi connectivity index (χ1) is 13.7. The largest absolute Gasteiger partial charge is 0.493 e. The van der Waals surface area contributed by atoms with E-state index < -0.39 is 0 Å². The predicted octanol–water partition coefficient (Wildman–Crippen LogP) is 3.39. The number of ether oxygens (including phenoxy) is 2. The van der Waals surface area contributed by atoms with Gasteiger partial charge in [0.2, 0.25) is 0 Å². The number of H-pyrrole nitrogens is 1. The van der Waals surface area contributed by atoms with Gasteiger partial charge in [0, 0.05) is 23.6 Å². The fourth-order valence-corrected chi connectivity index (χ4v) is 3.31. The molecule has 0 spiro atoms. The number of guanidine groups is 1. The van der Waals surface area contributed by atoms with E-state index in [2.05, 4.69) is 46.6 Å². The predicted molar refractivity (Wildman–Crippen MR) is 114 cm³/mol. The van der Waals surface area contributed by atoms with Crippen LogP contribution in [0.1, 0.15) is 23.6 Å². The smallest absolute Gasteiger partial charge is 0.188 e. The van der Waals surface area contributed by atoms with Gasteiger partial charge in [-0.25, -0.2) is 4.99 Å². The summed E-state index contributed by atoms with van der Waals surface area (Å²) in [7, 11) is 3.24. The standard InChI is InChI=1S/C22H28N4O2/c1-4-16-6-5-7-18-17(14-25-21(16)18)10-11-24-22(23)26-13-15-8-9-19(27-2)20(12-15)28-3/h5-9,12,14,25H,4,10-11,13H2,1-3H3,(H3,23,24,26). The molecule has 0 aliphatic carbocycles. The molecule has 0 amide bonds. The maximum absolute atomic E-state index is 6.02. The van der Waals surface area contributed by atoms with Crippen LogP contribution in [0.15, 0.2) is 47.6 Å². The van der Waals surface area contributed by atoms with Crippen LogP contribution in [0.2, 0.25) is 0 Å². The first kappa shape index (κ1) is 19.6. The topological polar surface area (TPSA) is 84.7 Å². The molecule has 6 heteroatoms. The van der Waals surface area contributed by atoms with Gasteiger partial charge in [-0.3, -0.25) is 0 Å². The fraction of sp³-hybridized carbons (Fsp3) is 0.318. The summed E-state index contributed by atoms with van der Waals surface area (Å²) < 4.78 is 10.6. The molecule has 148 valence electrons. The average Bonchev–Trinajstić information content (AvgIpc) is 3.15. The van der Waals surface area contributed by atoms with Crippen molar-refractivity contribution < 1.29 is 9.47 Å². The maximum Gasteiger partial charge on any atom is 0.188 e. The molecule has 6 nitrogen and oxygen atoms in total. The Hall–Kier alpha value is -3.15. The molecule has 0 bridgehead atoms. The average molecular weight is 380 g/mol. The van der Waals surface area contributed by atoms with Crippen LogP contribution in [0.5, 0.6) is 11.5 Å². The summed E-state index contributed by atoms with van der Waals surface area (Å²) in [4.78, 5) is 7.81. The maximum atomic E-state index is 6.02. The number of aromatic amines is 1. The number of aliphatic imine (C=N–C) groups is 1. The van der Waals surface area contributed by atoms with Crippen LogP contribution in [-0.4, -0.2) is 31.7 Å². The molecule has 1 heterocycles. The van der Waals surface area contributed by atoms with E-state index in [1.165, 1.54) is 22.0 Å². The van der Waals surface area contributed by atoms with Crippen LogP contribution in [-0.2, 0) is 19.4 Å². The molecular formula is C22H28N4O2.